The zero-order chi connectivity index (χ0) is 20.1. The molecule has 9 heteroatoms. The zero-order valence-electron chi connectivity index (χ0n) is 15.5. The van der Waals surface area contributed by atoms with Crippen LogP contribution in [-0.2, 0) is 28.8 Å². The third-order valence-corrected chi connectivity index (χ3v) is 5.59. The molecule has 9 nitrogen and oxygen atoms in total. The Bertz CT molecular complexity index is 882. The molecule has 1 aromatic carbocycles. The summed E-state index contributed by atoms with van der Waals surface area (Å²) in [5, 5.41) is 15.0. The second kappa shape index (κ2) is 6.69. The Morgan fingerprint density at radius 2 is 1.82 bits per heavy atom. The zero-order valence-corrected chi connectivity index (χ0v) is 15.5. The molecule has 0 aromatic heterocycles. The summed E-state index contributed by atoms with van der Waals surface area (Å²) in [5.74, 6) is -3.24. The third-order valence-electron chi connectivity index (χ3n) is 5.59. The molecule has 0 amide bonds. The first kappa shape index (κ1) is 18.6. The van der Waals surface area contributed by atoms with E-state index < -0.39 is 41.7 Å². The molecule has 0 radical (unpaired) electrons. The highest BCUT2D eigenvalue weighted by molar-refractivity contribution is 6.38. The number of hydrogen-bond acceptors (Lipinski definition) is 9. The van der Waals surface area contributed by atoms with Gasteiger partial charge < -0.3 is 14.6 Å². The molecule has 1 saturated carbocycles. The molecule has 2 fully saturated rings. The van der Waals surface area contributed by atoms with Crippen LogP contribution in [-0.4, -0.2) is 54.9 Å². The van der Waals surface area contributed by atoms with Gasteiger partial charge >= 0.3 is 11.9 Å². The maximum absolute atomic E-state index is 12.4. The molecule has 3 aliphatic rings. The van der Waals surface area contributed by atoms with Gasteiger partial charge in [-0.2, -0.15) is 5.10 Å². The number of esters is 2. The molecule has 1 aromatic rings. The highest BCUT2D eigenvalue weighted by Crippen LogP contribution is 2.53. The van der Waals surface area contributed by atoms with Gasteiger partial charge in [0.25, 0.3) is 5.72 Å². The molecule has 1 unspecified atom stereocenters. The van der Waals surface area contributed by atoms with Gasteiger partial charge in [0.15, 0.2) is 5.71 Å². The standard InChI is InChI=1S/C19H20N2O7/c1-9(10-7-5-4-6-8-10)11-15-12-13(16(11)28-27-15)19(24,18(23)26-3)21-20-14(12)17(22)25-2/h4-8,12-13,15-16,21,24H,1-3H3/t12-,13-,15-,16+,19?/m1/s1. The normalized spacial score (nSPS) is 34.8. The predicted octanol–water partition coefficient (Wildman–Crippen LogP) is 0.399. The van der Waals surface area contributed by atoms with E-state index in [1.807, 2.05) is 37.3 Å². The van der Waals surface area contributed by atoms with Crippen molar-refractivity contribution in [2.45, 2.75) is 24.9 Å². The average Bonchev–Trinajstić information content (AvgIpc) is 3.30. The first-order valence-corrected chi connectivity index (χ1v) is 8.76. The van der Waals surface area contributed by atoms with Crippen LogP contribution in [0.4, 0.5) is 0 Å². The number of ether oxygens (including phenoxy) is 2. The number of hydrogen-bond donors (Lipinski definition) is 2. The maximum Gasteiger partial charge on any atom is 0.361 e. The predicted molar refractivity (Wildman–Crippen MR) is 95.3 cm³/mol. The summed E-state index contributed by atoms with van der Waals surface area (Å²) in [6.45, 7) is 1.90. The molecule has 2 bridgehead atoms. The number of nitrogens with one attached hydrogen (secondary N) is 1. The molecule has 1 aliphatic carbocycles. The highest BCUT2D eigenvalue weighted by Gasteiger charge is 2.69. The van der Waals surface area contributed by atoms with Gasteiger partial charge in [-0.25, -0.2) is 19.4 Å². The lowest BCUT2D eigenvalue weighted by Crippen LogP contribution is -2.66. The molecule has 1 saturated heterocycles. The van der Waals surface area contributed by atoms with Crippen molar-refractivity contribution in [3.63, 3.8) is 0 Å². The van der Waals surface area contributed by atoms with Crippen LogP contribution in [0.2, 0.25) is 0 Å². The van der Waals surface area contributed by atoms with Crippen molar-refractivity contribution >= 4 is 23.2 Å². The van der Waals surface area contributed by atoms with E-state index >= 15 is 0 Å². The van der Waals surface area contributed by atoms with E-state index in [2.05, 4.69) is 10.5 Å². The van der Waals surface area contributed by atoms with Gasteiger partial charge in [-0.15, -0.1) is 0 Å². The Hall–Kier alpha value is -2.75. The van der Waals surface area contributed by atoms with Crippen LogP contribution in [0.1, 0.15) is 12.5 Å². The summed E-state index contributed by atoms with van der Waals surface area (Å²) in [6.07, 6.45) is -1.48. The molecule has 2 aliphatic heterocycles. The van der Waals surface area contributed by atoms with E-state index in [-0.39, 0.29) is 5.71 Å². The van der Waals surface area contributed by atoms with E-state index in [1.165, 1.54) is 7.11 Å². The topological polar surface area (TPSA) is 116 Å². The van der Waals surface area contributed by atoms with E-state index in [0.29, 0.717) is 0 Å². The van der Waals surface area contributed by atoms with E-state index in [1.54, 1.807) is 0 Å². The summed E-state index contributed by atoms with van der Waals surface area (Å²) >= 11 is 0. The Morgan fingerprint density at radius 3 is 2.46 bits per heavy atom. The number of nitrogens with zero attached hydrogens (tertiary/aromatic N) is 1. The fourth-order valence-corrected chi connectivity index (χ4v) is 4.26. The number of carbonyl (C=O) groups is 2. The van der Waals surface area contributed by atoms with Crippen molar-refractivity contribution in [3.8, 4) is 0 Å². The van der Waals surface area contributed by atoms with Gasteiger partial charge in [-0.3, -0.25) is 5.43 Å². The molecule has 148 valence electrons. The van der Waals surface area contributed by atoms with Crippen LogP contribution < -0.4 is 5.43 Å². The molecular weight excluding hydrogens is 368 g/mol. The number of allylic oxidation sites excluding steroid dienone is 1. The molecule has 28 heavy (non-hydrogen) atoms. The molecule has 2 N–H and O–H groups in total. The molecule has 2 heterocycles. The van der Waals surface area contributed by atoms with Crippen molar-refractivity contribution in [2.75, 3.05) is 14.2 Å². The van der Waals surface area contributed by atoms with Crippen LogP contribution in [0.25, 0.3) is 5.57 Å². The Balaban J connectivity index is 1.87. The first-order valence-electron chi connectivity index (χ1n) is 8.76. The minimum absolute atomic E-state index is 0.0234. The van der Waals surface area contributed by atoms with Gasteiger partial charge in [0.2, 0.25) is 0 Å². The van der Waals surface area contributed by atoms with E-state index in [9.17, 15) is 14.7 Å². The molecule has 5 atom stereocenters. The lowest BCUT2D eigenvalue weighted by Gasteiger charge is -2.41. The van der Waals surface area contributed by atoms with Crippen LogP contribution in [0, 0.1) is 11.8 Å². The first-order chi connectivity index (χ1) is 13.4. The number of methoxy groups -OCH3 is 2. The van der Waals surface area contributed by atoms with Gasteiger partial charge in [0, 0.05) is 0 Å². The van der Waals surface area contributed by atoms with E-state index in [0.717, 1.165) is 23.8 Å². The van der Waals surface area contributed by atoms with Crippen molar-refractivity contribution in [2.24, 2.45) is 16.9 Å². The monoisotopic (exact) mass is 388 g/mol. The highest BCUT2D eigenvalue weighted by atomic mass is 17.2. The Morgan fingerprint density at radius 1 is 1.14 bits per heavy atom. The second-order valence-corrected chi connectivity index (χ2v) is 6.89. The van der Waals surface area contributed by atoms with Gasteiger partial charge in [0.1, 0.15) is 12.2 Å². The van der Waals surface area contributed by atoms with E-state index in [4.69, 9.17) is 19.2 Å². The van der Waals surface area contributed by atoms with Crippen molar-refractivity contribution in [1.29, 1.82) is 0 Å². The maximum atomic E-state index is 12.4. The lowest BCUT2D eigenvalue weighted by atomic mass is 9.79. The number of fused-ring (bicyclic) bond motifs is 5. The molecular formula is C19H20N2O7. The lowest BCUT2D eigenvalue weighted by molar-refractivity contribution is -0.348. The number of rotatable bonds is 3. The minimum Gasteiger partial charge on any atom is -0.465 e. The van der Waals surface area contributed by atoms with Crippen LogP contribution in [0.3, 0.4) is 0 Å². The summed E-state index contributed by atoms with van der Waals surface area (Å²) in [6, 6.07) is 9.57. The summed E-state index contributed by atoms with van der Waals surface area (Å²) in [5.41, 5.74) is 2.77. The smallest absolute Gasteiger partial charge is 0.361 e. The molecule has 4 rings (SSSR count). The number of benzene rings is 1. The Kier molecular flexibility index (Phi) is 4.45. The third kappa shape index (κ3) is 2.47. The van der Waals surface area contributed by atoms with Gasteiger partial charge in [-0.05, 0) is 23.6 Å². The number of hydrazone groups is 1. The average molecular weight is 388 g/mol. The molecule has 0 spiro atoms. The SMILES string of the molecule is COC(=O)C1=NNC(O)(C(=O)OC)[C@@H]2[C@H]1[C@@H]1OO[C@H]2C1=C(C)c1ccccc1. The van der Waals surface area contributed by atoms with Gasteiger partial charge in [-0.1, -0.05) is 30.3 Å². The number of aliphatic hydroxyl groups is 1. The fraction of sp³-hybridized carbons (Fsp3) is 0.421. The van der Waals surface area contributed by atoms with Crippen LogP contribution in [0.15, 0.2) is 41.0 Å². The quantitative estimate of drug-likeness (QED) is 0.565. The summed E-state index contributed by atoms with van der Waals surface area (Å²) < 4.78 is 9.58. The summed E-state index contributed by atoms with van der Waals surface area (Å²) in [7, 11) is 2.39. The Labute approximate surface area is 160 Å². The minimum atomic E-state index is -2.18. The van der Waals surface area contributed by atoms with Gasteiger partial charge in [0.05, 0.1) is 26.1 Å². The van der Waals surface area contributed by atoms with Crippen LogP contribution >= 0.6 is 0 Å². The second-order valence-electron chi connectivity index (χ2n) is 6.89. The van der Waals surface area contributed by atoms with Crippen molar-refractivity contribution < 1.29 is 33.9 Å². The van der Waals surface area contributed by atoms with Crippen LogP contribution in [0.5, 0.6) is 0 Å². The largest absolute Gasteiger partial charge is 0.465 e. The summed E-state index contributed by atoms with van der Waals surface area (Å²) in [4.78, 5) is 35.6. The fourth-order valence-electron chi connectivity index (χ4n) is 4.26. The number of carbonyl (C=O) groups excluding carboxylic acids is 2. The van der Waals surface area contributed by atoms with Crippen molar-refractivity contribution in [3.05, 3.63) is 41.5 Å². The van der Waals surface area contributed by atoms with Crippen molar-refractivity contribution in [1.82, 2.24) is 5.43 Å².